The summed E-state index contributed by atoms with van der Waals surface area (Å²) in [5, 5.41) is 1.40. The van der Waals surface area contributed by atoms with E-state index >= 15 is 0 Å². The number of rotatable bonds is 1. The maximum atomic E-state index is 3.63. The van der Waals surface area contributed by atoms with Gasteiger partial charge in [0.05, 0.1) is 0 Å². The molecule has 1 nitrogen and oxygen atoms in total. The minimum Gasteiger partial charge on any atom is -0.344 e. The van der Waals surface area contributed by atoms with Gasteiger partial charge in [-0.25, -0.2) is 0 Å². The maximum Gasteiger partial charge on any atom is 0.0496 e. The molecule has 2 heteroatoms. The van der Waals surface area contributed by atoms with Crippen LogP contribution >= 0.6 is 15.9 Å². The highest BCUT2D eigenvalue weighted by atomic mass is 79.9. The minimum absolute atomic E-state index is 0.685. The molecular weight excluding hydrogens is 286 g/mol. The van der Waals surface area contributed by atoms with E-state index in [0.717, 1.165) is 5.92 Å². The van der Waals surface area contributed by atoms with Crippen molar-refractivity contribution >= 4 is 26.8 Å². The highest BCUT2D eigenvalue weighted by Gasteiger charge is 2.23. The zero-order chi connectivity index (χ0) is 12.7. The smallest absolute Gasteiger partial charge is 0.0496 e. The lowest BCUT2D eigenvalue weighted by atomic mass is 9.85. The fourth-order valence-corrected chi connectivity index (χ4v) is 3.96. The van der Waals surface area contributed by atoms with Gasteiger partial charge in [-0.05, 0) is 49.4 Å². The van der Waals surface area contributed by atoms with E-state index < -0.39 is 0 Å². The number of benzene rings is 1. The highest BCUT2D eigenvalue weighted by molar-refractivity contribution is 9.10. The standard InChI is InChI=1S/C16H20BrN/c1-11-5-3-4-6-15(11)18-8-7-14-12(2)9-13(17)10-16(14)18/h7-11,15H,3-6H2,1-2H3/t11-,15+/m0/s1. The molecule has 0 amide bonds. The van der Waals surface area contributed by atoms with Gasteiger partial charge in [-0.1, -0.05) is 35.7 Å². The largest absolute Gasteiger partial charge is 0.344 e. The summed E-state index contributed by atoms with van der Waals surface area (Å²) in [6.07, 6.45) is 7.77. The van der Waals surface area contributed by atoms with Crippen molar-refractivity contribution in [3.8, 4) is 0 Å². The second kappa shape index (κ2) is 4.73. The summed E-state index contributed by atoms with van der Waals surface area (Å²) in [4.78, 5) is 0. The second-order valence-electron chi connectivity index (χ2n) is 5.71. The SMILES string of the molecule is Cc1cc(Br)cc2c1ccn2[C@@H]1CCCC[C@@H]1C. The van der Waals surface area contributed by atoms with Crippen LogP contribution in [0.5, 0.6) is 0 Å². The first-order valence-electron chi connectivity index (χ1n) is 6.93. The van der Waals surface area contributed by atoms with Gasteiger partial charge in [0.2, 0.25) is 0 Å². The van der Waals surface area contributed by atoms with E-state index in [9.17, 15) is 0 Å². The van der Waals surface area contributed by atoms with Crippen molar-refractivity contribution in [3.05, 3.63) is 34.4 Å². The molecule has 0 saturated heterocycles. The first kappa shape index (κ1) is 12.3. The van der Waals surface area contributed by atoms with E-state index in [0.29, 0.717) is 6.04 Å². The molecule has 3 rings (SSSR count). The van der Waals surface area contributed by atoms with E-state index in [-0.39, 0.29) is 0 Å². The fraction of sp³-hybridized carbons (Fsp3) is 0.500. The van der Waals surface area contributed by atoms with Crippen LogP contribution in [0.1, 0.15) is 44.2 Å². The third-order valence-electron chi connectivity index (χ3n) is 4.43. The van der Waals surface area contributed by atoms with Gasteiger partial charge in [0, 0.05) is 27.6 Å². The summed E-state index contributed by atoms with van der Waals surface area (Å²) in [6.45, 7) is 4.60. The fourth-order valence-electron chi connectivity index (χ4n) is 3.40. The minimum atomic E-state index is 0.685. The Kier molecular flexibility index (Phi) is 3.23. The molecule has 0 aliphatic heterocycles. The van der Waals surface area contributed by atoms with Crippen LogP contribution in [0.2, 0.25) is 0 Å². The van der Waals surface area contributed by atoms with Crippen LogP contribution in [0, 0.1) is 12.8 Å². The van der Waals surface area contributed by atoms with Gasteiger partial charge >= 0.3 is 0 Å². The number of nitrogens with zero attached hydrogens (tertiary/aromatic N) is 1. The van der Waals surface area contributed by atoms with Crippen molar-refractivity contribution in [1.82, 2.24) is 4.57 Å². The van der Waals surface area contributed by atoms with E-state index in [1.165, 1.54) is 46.6 Å². The Balaban J connectivity index is 2.11. The lowest BCUT2D eigenvalue weighted by Crippen LogP contribution is -2.20. The van der Waals surface area contributed by atoms with Crippen LogP contribution in [0.25, 0.3) is 10.9 Å². The highest BCUT2D eigenvalue weighted by Crippen LogP contribution is 2.37. The summed E-state index contributed by atoms with van der Waals surface area (Å²) in [7, 11) is 0. The van der Waals surface area contributed by atoms with E-state index in [4.69, 9.17) is 0 Å². The monoisotopic (exact) mass is 305 g/mol. The van der Waals surface area contributed by atoms with Crippen LogP contribution in [0.4, 0.5) is 0 Å². The molecule has 1 aromatic heterocycles. The normalized spacial score (nSPS) is 24.6. The zero-order valence-electron chi connectivity index (χ0n) is 11.1. The number of aromatic nitrogens is 1. The number of hydrogen-bond acceptors (Lipinski definition) is 0. The molecule has 1 aromatic carbocycles. The van der Waals surface area contributed by atoms with Gasteiger partial charge in [-0.2, -0.15) is 0 Å². The van der Waals surface area contributed by atoms with Crippen LogP contribution in [0.3, 0.4) is 0 Å². The van der Waals surface area contributed by atoms with Crippen LogP contribution < -0.4 is 0 Å². The van der Waals surface area contributed by atoms with E-state index in [1.807, 2.05) is 0 Å². The maximum absolute atomic E-state index is 3.63. The van der Waals surface area contributed by atoms with Crippen LogP contribution in [-0.2, 0) is 0 Å². The molecule has 2 aromatic rings. The Labute approximate surface area is 117 Å². The predicted octanol–water partition coefficient (Wildman–Crippen LogP) is 5.46. The van der Waals surface area contributed by atoms with Crippen LogP contribution in [0.15, 0.2) is 28.9 Å². The van der Waals surface area contributed by atoms with Crippen molar-refractivity contribution in [3.63, 3.8) is 0 Å². The number of halogens is 1. The summed E-state index contributed by atoms with van der Waals surface area (Å²) in [6, 6.07) is 7.43. The van der Waals surface area contributed by atoms with E-state index in [2.05, 4.69) is 58.7 Å². The van der Waals surface area contributed by atoms with Crippen molar-refractivity contribution < 1.29 is 0 Å². The Bertz CT molecular complexity index is 570. The molecular formula is C16H20BrN. The predicted molar refractivity (Wildman–Crippen MR) is 81.0 cm³/mol. The van der Waals surface area contributed by atoms with Crippen LogP contribution in [-0.4, -0.2) is 4.57 Å². The van der Waals surface area contributed by atoms with Gasteiger partial charge in [-0.15, -0.1) is 0 Å². The molecule has 0 N–H and O–H groups in total. The Morgan fingerprint density at radius 1 is 1.22 bits per heavy atom. The van der Waals surface area contributed by atoms with Crippen molar-refractivity contribution in [2.24, 2.45) is 5.92 Å². The summed E-state index contributed by atoms with van der Waals surface area (Å²) in [5.74, 6) is 0.800. The van der Waals surface area contributed by atoms with Gasteiger partial charge in [0.15, 0.2) is 0 Å². The molecule has 1 aliphatic carbocycles. The Hall–Kier alpha value is -0.760. The molecule has 18 heavy (non-hydrogen) atoms. The molecule has 0 radical (unpaired) electrons. The number of hydrogen-bond donors (Lipinski definition) is 0. The molecule has 1 saturated carbocycles. The lowest BCUT2D eigenvalue weighted by Gasteiger charge is -2.30. The van der Waals surface area contributed by atoms with Crippen molar-refractivity contribution in [2.75, 3.05) is 0 Å². The number of fused-ring (bicyclic) bond motifs is 1. The molecule has 1 heterocycles. The number of aryl methyl sites for hydroxylation is 1. The van der Waals surface area contributed by atoms with Crippen molar-refractivity contribution in [2.45, 2.75) is 45.6 Å². The third-order valence-corrected chi connectivity index (χ3v) is 4.89. The first-order chi connectivity index (χ1) is 8.66. The van der Waals surface area contributed by atoms with Gasteiger partial charge < -0.3 is 4.57 Å². The zero-order valence-corrected chi connectivity index (χ0v) is 12.7. The molecule has 0 bridgehead atoms. The summed E-state index contributed by atoms with van der Waals surface area (Å²) < 4.78 is 3.70. The summed E-state index contributed by atoms with van der Waals surface area (Å²) in [5.41, 5.74) is 2.75. The Morgan fingerprint density at radius 2 is 2.00 bits per heavy atom. The third kappa shape index (κ3) is 2.01. The average molecular weight is 306 g/mol. The van der Waals surface area contributed by atoms with E-state index in [1.54, 1.807) is 0 Å². The molecule has 0 spiro atoms. The molecule has 2 atom stereocenters. The summed E-state index contributed by atoms with van der Waals surface area (Å²) >= 11 is 3.63. The van der Waals surface area contributed by atoms with Gasteiger partial charge in [0.25, 0.3) is 0 Å². The molecule has 0 unspecified atom stereocenters. The quantitative estimate of drug-likeness (QED) is 0.659. The average Bonchev–Trinajstić information content (AvgIpc) is 2.73. The lowest BCUT2D eigenvalue weighted by molar-refractivity contribution is 0.263. The molecule has 1 aliphatic rings. The Morgan fingerprint density at radius 3 is 2.78 bits per heavy atom. The topological polar surface area (TPSA) is 4.93 Å². The van der Waals surface area contributed by atoms with Crippen molar-refractivity contribution in [1.29, 1.82) is 0 Å². The van der Waals surface area contributed by atoms with Gasteiger partial charge in [-0.3, -0.25) is 0 Å². The first-order valence-corrected chi connectivity index (χ1v) is 7.73. The molecule has 1 fully saturated rings. The second-order valence-corrected chi connectivity index (χ2v) is 6.62. The van der Waals surface area contributed by atoms with Gasteiger partial charge in [0.1, 0.15) is 0 Å². The molecule has 96 valence electrons.